The molecule has 1 saturated heterocycles. The predicted molar refractivity (Wildman–Crippen MR) is 140 cm³/mol. The molecular weight excluding hydrogens is 520 g/mol. The number of urea groups is 1. The zero-order valence-corrected chi connectivity index (χ0v) is 21.8. The number of carbonyl (C=O) groups is 4. The number of rotatable bonds is 5. The number of anilines is 2. The highest BCUT2D eigenvalue weighted by Gasteiger charge is 2.55. The first kappa shape index (κ1) is 25.6. The Labute approximate surface area is 228 Å². The van der Waals surface area contributed by atoms with E-state index < -0.39 is 47.0 Å². The average molecular weight is 546 g/mol. The number of aromatic nitrogens is 1. The van der Waals surface area contributed by atoms with Crippen molar-refractivity contribution in [3.05, 3.63) is 88.6 Å². The lowest BCUT2D eigenvalue weighted by molar-refractivity contribution is -0.133. The molecule has 204 valence electrons. The topological polar surface area (TPSA) is 112 Å². The molecule has 1 aromatic heterocycles. The van der Waals surface area contributed by atoms with E-state index in [9.17, 15) is 28.0 Å². The van der Waals surface area contributed by atoms with Gasteiger partial charge in [-0.3, -0.25) is 24.2 Å². The molecule has 2 aromatic carbocycles. The van der Waals surface area contributed by atoms with Gasteiger partial charge in [0.15, 0.2) is 0 Å². The quantitative estimate of drug-likeness (QED) is 0.477. The van der Waals surface area contributed by atoms with E-state index in [2.05, 4.69) is 15.6 Å². The van der Waals surface area contributed by atoms with Crippen molar-refractivity contribution in [2.45, 2.75) is 37.6 Å². The molecule has 2 aliphatic heterocycles. The molecule has 3 aliphatic rings. The van der Waals surface area contributed by atoms with Crippen LogP contribution in [0, 0.1) is 11.6 Å². The van der Waals surface area contributed by atoms with Gasteiger partial charge in [0, 0.05) is 30.1 Å². The summed E-state index contributed by atoms with van der Waals surface area (Å²) in [5.41, 5.74) is 0.553. The molecule has 1 aliphatic carbocycles. The Bertz CT molecular complexity index is 1610. The van der Waals surface area contributed by atoms with Crippen molar-refractivity contribution in [1.82, 2.24) is 14.8 Å². The summed E-state index contributed by atoms with van der Waals surface area (Å²) in [7, 11) is 0. The maximum absolute atomic E-state index is 14.1. The smallest absolute Gasteiger partial charge is 0.325 e. The lowest BCUT2D eigenvalue weighted by atomic mass is 9.79. The van der Waals surface area contributed by atoms with Gasteiger partial charge in [-0.1, -0.05) is 12.1 Å². The van der Waals surface area contributed by atoms with E-state index in [4.69, 9.17) is 0 Å². The monoisotopic (exact) mass is 545 g/mol. The molecule has 1 unspecified atom stereocenters. The van der Waals surface area contributed by atoms with Crippen LogP contribution in [0.3, 0.4) is 0 Å². The van der Waals surface area contributed by atoms with Crippen LogP contribution >= 0.6 is 0 Å². The van der Waals surface area contributed by atoms with E-state index >= 15 is 0 Å². The van der Waals surface area contributed by atoms with E-state index in [0.29, 0.717) is 30.4 Å². The molecule has 0 radical (unpaired) electrons. The van der Waals surface area contributed by atoms with Gasteiger partial charge in [-0.05, 0) is 73.7 Å². The number of carbonyl (C=O) groups excluding carboxylic acids is 4. The van der Waals surface area contributed by atoms with Crippen molar-refractivity contribution in [1.29, 1.82) is 0 Å². The van der Waals surface area contributed by atoms with Crippen LogP contribution in [0.5, 0.6) is 0 Å². The first-order valence-electron chi connectivity index (χ1n) is 12.9. The summed E-state index contributed by atoms with van der Waals surface area (Å²) in [6.45, 7) is 2.47. The number of benzene rings is 2. The Morgan fingerprint density at radius 3 is 2.50 bits per heavy atom. The fourth-order valence-electron chi connectivity index (χ4n) is 6.11. The van der Waals surface area contributed by atoms with E-state index in [1.54, 1.807) is 31.3 Å². The molecule has 2 atom stereocenters. The summed E-state index contributed by atoms with van der Waals surface area (Å²) in [6.07, 6.45) is 2.56. The standard InChI is InChI=1S/C29H25F2N5O4/c1-3-35-26(39)28(2,18-10-19(30)12-20(31)11-18)36(27(35)40)15-23(37)33-21-7-6-16-13-29(14-17(16)9-21)22-5-4-8-32-24(22)34-25(29)38/h4-12H,3,13-15H2,1-2H3,(H,33,37)(H,32,34,38)/t28?,29-/m1/s1. The first-order chi connectivity index (χ1) is 19.1. The molecule has 11 heteroatoms. The van der Waals surface area contributed by atoms with Crippen molar-refractivity contribution in [2.75, 3.05) is 23.7 Å². The van der Waals surface area contributed by atoms with Crippen LogP contribution in [0.4, 0.5) is 25.1 Å². The van der Waals surface area contributed by atoms with Gasteiger partial charge >= 0.3 is 6.03 Å². The highest BCUT2D eigenvalue weighted by Crippen LogP contribution is 2.47. The number of nitrogens with zero attached hydrogens (tertiary/aromatic N) is 3. The van der Waals surface area contributed by atoms with Crippen LogP contribution in [-0.4, -0.2) is 51.6 Å². The zero-order valence-electron chi connectivity index (χ0n) is 21.8. The second-order valence-corrected chi connectivity index (χ2v) is 10.5. The van der Waals surface area contributed by atoms with Crippen molar-refractivity contribution >= 4 is 35.3 Å². The van der Waals surface area contributed by atoms with Gasteiger partial charge in [0.05, 0.1) is 5.41 Å². The van der Waals surface area contributed by atoms with Crippen molar-refractivity contribution in [3.63, 3.8) is 0 Å². The number of amides is 5. The molecule has 3 heterocycles. The van der Waals surface area contributed by atoms with Gasteiger partial charge in [-0.15, -0.1) is 0 Å². The summed E-state index contributed by atoms with van der Waals surface area (Å²) >= 11 is 0. The van der Waals surface area contributed by atoms with E-state index in [-0.39, 0.29) is 18.0 Å². The second-order valence-electron chi connectivity index (χ2n) is 10.5. The minimum atomic E-state index is -1.78. The molecule has 6 rings (SSSR count). The van der Waals surface area contributed by atoms with Crippen molar-refractivity contribution < 1.29 is 28.0 Å². The highest BCUT2D eigenvalue weighted by atomic mass is 19.1. The number of halogens is 2. The van der Waals surface area contributed by atoms with Gasteiger partial charge in [0.2, 0.25) is 11.8 Å². The number of fused-ring (bicyclic) bond motifs is 3. The van der Waals surface area contributed by atoms with Gasteiger partial charge in [0.1, 0.15) is 29.5 Å². The summed E-state index contributed by atoms with van der Waals surface area (Å²) < 4.78 is 28.2. The zero-order chi connectivity index (χ0) is 28.4. The van der Waals surface area contributed by atoms with Crippen molar-refractivity contribution in [2.24, 2.45) is 0 Å². The van der Waals surface area contributed by atoms with Gasteiger partial charge in [-0.2, -0.15) is 0 Å². The molecular formula is C29H25F2N5O4. The van der Waals surface area contributed by atoms with Crippen LogP contribution in [0.2, 0.25) is 0 Å². The number of imide groups is 1. The molecule has 40 heavy (non-hydrogen) atoms. The summed E-state index contributed by atoms with van der Waals surface area (Å²) in [5.74, 6) is -2.63. The maximum Gasteiger partial charge on any atom is 0.328 e. The average Bonchev–Trinajstić information content (AvgIpc) is 3.48. The molecule has 2 N–H and O–H groups in total. The Kier molecular flexibility index (Phi) is 5.72. The fourth-order valence-corrected chi connectivity index (χ4v) is 6.11. The van der Waals surface area contributed by atoms with E-state index in [1.807, 2.05) is 12.1 Å². The molecule has 5 amide bonds. The predicted octanol–water partition coefficient (Wildman–Crippen LogP) is 3.49. The summed E-state index contributed by atoms with van der Waals surface area (Å²) in [6, 6.07) is 11.0. The van der Waals surface area contributed by atoms with Crippen LogP contribution in [0.1, 0.15) is 36.1 Å². The molecule has 1 fully saturated rings. The lowest BCUT2D eigenvalue weighted by Gasteiger charge is -2.31. The molecule has 3 aromatic rings. The third-order valence-corrected chi connectivity index (χ3v) is 8.17. The van der Waals surface area contributed by atoms with Gasteiger partial charge < -0.3 is 10.6 Å². The maximum atomic E-state index is 14.1. The van der Waals surface area contributed by atoms with Crippen molar-refractivity contribution in [3.8, 4) is 0 Å². The fraction of sp³-hybridized carbons (Fsp3) is 0.276. The Morgan fingerprint density at radius 1 is 1.05 bits per heavy atom. The molecule has 0 bridgehead atoms. The highest BCUT2D eigenvalue weighted by molar-refractivity contribution is 6.09. The third kappa shape index (κ3) is 3.68. The minimum Gasteiger partial charge on any atom is -0.325 e. The number of hydrogen-bond donors (Lipinski definition) is 2. The third-order valence-electron chi connectivity index (χ3n) is 8.17. The van der Waals surface area contributed by atoms with E-state index in [0.717, 1.165) is 38.6 Å². The molecule has 1 spiro atoms. The van der Waals surface area contributed by atoms with Crippen LogP contribution < -0.4 is 10.6 Å². The summed E-state index contributed by atoms with van der Waals surface area (Å²) in [5, 5.41) is 5.63. The molecule has 9 nitrogen and oxygen atoms in total. The second kappa shape index (κ2) is 8.94. The first-order valence-corrected chi connectivity index (χ1v) is 12.9. The minimum absolute atomic E-state index is 0.0297. The Hall–Kier alpha value is -4.67. The molecule has 0 saturated carbocycles. The SMILES string of the molecule is CCN1C(=O)N(CC(=O)Nc2ccc3c(c2)C[C@@]2(C3)C(=O)Nc3ncccc32)C(C)(c2cc(F)cc(F)c2)C1=O. The number of pyridine rings is 1. The normalized spacial score (nSPS) is 23.1. The van der Waals surface area contributed by atoms with Gasteiger partial charge in [0.25, 0.3) is 5.91 Å². The van der Waals surface area contributed by atoms with Gasteiger partial charge in [-0.25, -0.2) is 18.6 Å². The lowest BCUT2D eigenvalue weighted by Crippen LogP contribution is -2.47. The number of hydrogen-bond acceptors (Lipinski definition) is 5. The number of nitrogens with one attached hydrogen (secondary N) is 2. The number of likely N-dealkylation sites (N-methyl/N-ethyl adjacent to an activating group) is 1. The Balaban J connectivity index is 1.25. The van der Waals surface area contributed by atoms with Crippen LogP contribution in [-0.2, 0) is 38.2 Å². The van der Waals surface area contributed by atoms with Crippen LogP contribution in [0.25, 0.3) is 0 Å². The largest absolute Gasteiger partial charge is 0.328 e. The Morgan fingerprint density at radius 2 is 1.77 bits per heavy atom. The summed E-state index contributed by atoms with van der Waals surface area (Å²) in [4.78, 5) is 58.8. The van der Waals surface area contributed by atoms with E-state index in [1.165, 1.54) is 6.92 Å². The van der Waals surface area contributed by atoms with Crippen LogP contribution in [0.15, 0.2) is 54.7 Å².